The molecule has 1 heterocycles. The van der Waals surface area contributed by atoms with Gasteiger partial charge in [-0.3, -0.25) is 4.79 Å². The molecule has 1 amide bonds. The number of nitrogens with zero attached hydrogens (tertiary/aromatic N) is 1. The smallest absolute Gasteiger partial charge is 0.228 e. The van der Waals surface area contributed by atoms with E-state index in [1.807, 2.05) is 37.3 Å². The summed E-state index contributed by atoms with van der Waals surface area (Å²) in [7, 11) is -3.26. The largest absolute Gasteiger partial charge is 0.362 e. The molecule has 3 aromatic rings. The molecule has 0 unspecified atom stereocenters. The minimum Gasteiger partial charge on any atom is -0.362 e. The molecule has 0 bridgehead atoms. The van der Waals surface area contributed by atoms with Crippen molar-refractivity contribution in [2.45, 2.75) is 37.1 Å². The number of sulfone groups is 1. The van der Waals surface area contributed by atoms with E-state index in [0.717, 1.165) is 24.0 Å². The summed E-state index contributed by atoms with van der Waals surface area (Å²) < 4.78 is 24.7. The van der Waals surface area contributed by atoms with Crippen molar-refractivity contribution in [1.82, 2.24) is 4.98 Å². The van der Waals surface area contributed by atoms with Crippen LogP contribution >= 0.6 is 11.6 Å². The Kier molecular flexibility index (Phi) is 7.00. The zero-order valence-corrected chi connectivity index (χ0v) is 19.9. The van der Waals surface area contributed by atoms with Crippen molar-refractivity contribution in [3.63, 3.8) is 0 Å². The summed E-state index contributed by atoms with van der Waals surface area (Å²) in [4.78, 5) is 17.1. The van der Waals surface area contributed by atoms with Crippen LogP contribution in [-0.4, -0.2) is 25.1 Å². The van der Waals surface area contributed by atoms with E-state index in [4.69, 9.17) is 11.6 Å². The van der Waals surface area contributed by atoms with E-state index in [1.165, 1.54) is 0 Å². The van der Waals surface area contributed by atoms with Gasteiger partial charge in [-0.25, -0.2) is 13.4 Å². The summed E-state index contributed by atoms with van der Waals surface area (Å²) in [5.41, 5.74) is 2.33. The third-order valence-corrected chi connectivity index (χ3v) is 7.77. The van der Waals surface area contributed by atoms with Crippen molar-refractivity contribution >= 4 is 38.9 Å². The molecule has 0 aliphatic heterocycles. The summed E-state index contributed by atoms with van der Waals surface area (Å²) in [6.45, 7) is 2.02. The number of aromatic nitrogens is 1. The Morgan fingerprint density at radius 2 is 1.82 bits per heavy atom. The molecule has 6 nitrogen and oxygen atoms in total. The van der Waals surface area contributed by atoms with E-state index < -0.39 is 9.84 Å². The van der Waals surface area contributed by atoms with Gasteiger partial charge in [-0.1, -0.05) is 54.1 Å². The molecule has 8 heteroatoms. The molecule has 0 radical (unpaired) electrons. The average Bonchev–Trinajstić information content (AvgIpc) is 3.60. The molecule has 0 spiro atoms. The van der Waals surface area contributed by atoms with Gasteiger partial charge in [-0.15, -0.1) is 0 Å². The first kappa shape index (κ1) is 23.3. The van der Waals surface area contributed by atoms with Gasteiger partial charge in [0.05, 0.1) is 34.0 Å². The monoisotopic (exact) mass is 483 g/mol. The number of anilines is 2. The summed E-state index contributed by atoms with van der Waals surface area (Å²) in [6.07, 6.45) is 3.64. The summed E-state index contributed by atoms with van der Waals surface area (Å²) in [5.74, 6) is 0.799. The molecule has 1 aliphatic rings. The molecular formula is C25H26ClN3O3S. The molecule has 1 aromatic heterocycles. The van der Waals surface area contributed by atoms with Gasteiger partial charge in [0, 0.05) is 6.04 Å². The van der Waals surface area contributed by atoms with Crippen LogP contribution < -0.4 is 10.6 Å². The molecule has 1 fully saturated rings. The van der Waals surface area contributed by atoms with Crippen molar-refractivity contribution in [3.05, 3.63) is 83.0 Å². The fourth-order valence-corrected chi connectivity index (χ4v) is 5.46. The normalized spacial score (nSPS) is 14.5. The van der Waals surface area contributed by atoms with Crippen LogP contribution in [0.2, 0.25) is 5.02 Å². The minimum absolute atomic E-state index is 0.0210. The summed E-state index contributed by atoms with van der Waals surface area (Å²) >= 11 is 6.37. The number of halogens is 1. The van der Waals surface area contributed by atoms with Gasteiger partial charge in [0.2, 0.25) is 5.91 Å². The lowest BCUT2D eigenvalue weighted by molar-refractivity contribution is -0.115. The highest BCUT2D eigenvalue weighted by Crippen LogP contribution is 2.32. The van der Waals surface area contributed by atoms with Crippen molar-refractivity contribution in [1.29, 1.82) is 0 Å². The fraction of sp³-hybridized carbons (Fsp3) is 0.280. The summed E-state index contributed by atoms with van der Waals surface area (Å²) in [5, 5.41) is 6.47. The SMILES string of the molecule is C[C@H](Nc1ncc(NC(=O)Cc2ccc(S(=O)(=O)CC3CC3)cc2)cc1Cl)c1ccccc1. The Morgan fingerprint density at radius 3 is 2.45 bits per heavy atom. The first-order valence-corrected chi connectivity index (χ1v) is 12.9. The number of benzene rings is 2. The van der Waals surface area contributed by atoms with Crippen LogP contribution in [0.25, 0.3) is 0 Å². The van der Waals surface area contributed by atoms with Crippen molar-refractivity contribution < 1.29 is 13.2 Å². The zero-order valence-electron chi connectivity index (χ0n) is 18.3. The van der Waals surface area contributed by atoms with E-state index in [9.17, 15) is 13.2 Å². The number of carbonyl (C=O) groups is 1. The van der Waals surface area contributed by atoms with Crippen LogP contribution in [0.4, 0.5) is 11.5 Å². The zero-order chi connectivity index (χ0) is 23.4. The molecule has 1 aliphatic carbocycles. The number of carbonyl (C=O) groups excluding carboxylic acids is 1. The number of hydrogen-bond acceptors (Lipinski definition) is 5. The maximum absolute atomic E-state index is 12.5. The Balaban J connectivity index is 1.34. The number of hydrogen-bond donors (Lipinski definition) is 2. The number of rotatable bonds is 9. The fourth-order valence-electron chi connectivity index (χ4n) is 3.54. The maximum Gasteiger partial charge on any atom is 0.228 e. The van der Waals surface area contributed by atoms with Crippen molar-refractivity contribution in [2.24, 2.45) is 5.92 Å². The lowest BCUT2D eigenvalue weighted by Crippen LogP contribution is -2.15. The molecule has 2 N–H and O–H groups in total. The Bertz CT molecular complexity index is 1230. The Hall–Kier alpha value is -2.90. The van der Waals surface area contributed by atoms with Gasteiger partial charge < -0.3 is 10.6 Å². The van der Waals surface area contributed by atoms with E-state index in [2.05, 4.69) is 15.6 Å². The van der Waals surface area contributed by atoms with Crippen LogP contribution in [0.3, 0.4) is 0 Å². The lowest BCUT2D eigenvalue weighted by Gasteiger charge is -2.16. The molecule has 1 atom stereocenters. The topological polar surface area (TPSA) is 88.2 Å². The van der Waals surface area contributed by atoms with Gasteiger partial charge in [0.1, 0.15) is 5.82 Å². The van der Waals surface area contributed by atoms with E-state index in [0.29, 0.717) is 27.3 Å². The second kappa shape index (κ2) is 9.93. The molecule has 172 valence electrons. The molecule has 0 saturated heterocycles. The van der Waals surface area contributed by atoms with Crippen LogP contribution in [0.15, 0.2) is 71.8 Å². The average molecular weight is 484 g/mol. The van der Waals surface area contributed by atoms with Crippen LogP contribution in [-0.2, 0) is 21.1 Å². The highest BCUT2D eigenvalue weighted by molar-refractivity contribution is 7.91. The van der Waals surface area contributed by atoms with E-state index in [1.54, 1.807) is 36.5 Å². The molecular weight excluding hydrogens is 458 g/mol. The van der Waals surface area contributed by atoms with Gasteiger partial charge in [0.15, 0.2) is 9.84 Å². The highest BCUT2D eigenvalue weighted by atomic mass is 35.5. The minimum atomic E-state index is -3.26. The number of pyridine rings is 1. The summed E-state index contributed by atoms with van der Waals surface area (Å²) in [6, 6.07) is 18.1. The van der Waals surface area contributed by atoms with Gasteiger partial charge in [-0.2, -0.15) is 0 Å². The Labute approximate surface area is 199 Å². The Morgan fingerprint density at radius 1 is 1.12 bits per heavy atom. The van der Waals surface area contributed by atoms with Crippen LogP contribution in [0, 0.1) is 5.92 Å². The standard InChI is InChI=1S/C25H26ClN3O3S/c1-17(20-5-3-2-4-6-20)28-25-23(26)14-21(15-27-25)29-24(30)13-18-9-11-22(12-10-18)33(31,32)16-19-7-8-19/h2-6,9-12,14-15,17,19H,7-8,13,16H2,1H3,(H,27,28)(H,29,30)/t17-/m0/s1. The second-order valence-electron chi connectivity index (χ2n) is 8.42. The maximum atomic E-state index is 12.5. The van der Waals surface area contributed by atoms with E-state index >= 15 is 0 Å². The third-order valence-electron chi connectivity index (χ3n) is 5.58. The highest BCUT2D eigenvalue weighted by Gasteiger charge is 2.29. The molecule has 1 saturated carbocycles. The molecule has 33 heavy (non-hydrogen) atoms. The number of nitrogens with one attached hydrogen (secondary N) is 2. The van der Waals surface area contributed by atoms with Crippen LogP contribution in [0.1, 0.15) is 36.9 Å². The number of amides is 1. The van der Waals surface area contributed by atoms with Gasteiger partial charge >= 0.3 is 0 Å². The molecule has 2 aromatic carbocycles. The van der Waals surface area contributed by atoms with Gasteiger partial charge in [-0.05, 0) is 55.0 Å². The van der Waals surface area contributed by atoms with Crippen molar-refractivity contribution in [3.8, 4) is 0 Å². The lowest BCUT2D eigenvalue weighted by atomic mass is 10.1. The van der Waals surface area contributed by atoms with Crippen LogP contribution in [0.5, 0.6) is 0 Å². The quantitative estimate of drug-likeness (QED) is 0.432. The van der Waals surface area contributed by atoms with Gasteiger partial charge in [0.25, 0.3) is 0 Å². The molecule has 4 rings (SSSR count). The second-order valence-corrected chi connectivity index (χ2v) is 10.9. The van der Waals surface area contributed by atoms with E-state index in [-0.39, 0.29) is 24.1 Å². The first-order valence-electron chi connectivity index (χ1n) is 10.9. The third kappa shape index (κ3) is 6.33. The van der Waals surface area contributed by atoms with Crippen molar-refractivity contribution in [2.75, 3.05) is 16.4 Å². The predicted octanol–water partition coefficient (Wildman–Crippen LogP) is 5.27. The first-order chi connectivity index (χ1) is 15.8. The predicted molar refractivity (Wildman–Crippen MR) is 131 cm³/mol.